The Morgan fingerprint density at radius 2 is 2.16 bits per heavy atom. The monoisotopic (exact) mass is 281 g/mol. The fourth-order valence-corrected chi connectivity index (χ4v) is 3.49. The van der Waals surface area contributed by atoms with Gasteiger partial charge in [0.15, 0.2) is 0 Å². The molecule has 1 aromatic heterocycles. The molecule has 0 saturated carbocycles. The summed E-state index contributed by atoms with van der Waals surface area (Å²) in [5, 5.41) is 8.95. The van der Waals surface area contributed by atoms with Crippen LogP contribution in [0, 0.1) is 13.8 Å². The van der Waals surface area contributed by atoms with Crippen LogP contribution in [0.4, 0.5) is 0 Å². The van der Waals surface area contributed by atoms with Gasteiger partial charge in [0.05, 0.1) is 11.3 Å². The van der Waals surface area contributed by atoms with Gasteiger partial charge in [-0.3, -0.25) is 9.59 Å². The number of carboxylic acid groups (broad SMARTS) is 1. The first-order valence-corrected chi connectivity index (χ1v) is 7.40. The van der Waals surface area contributed by atoms with E-state index >= 15 is 0 Å². The molecule has 5 heteroatoms. The number of piperidine rings is 1. The lowest BCUT2D eigenvalue weighted by Crippen LogP contribution is -2.44. The summed E-state index contributed by atoms with van der Waals surface area (Å²) in [6.07, 6.45) is 2.81. The van der Waals surface area contributed by atoms with Crippen LogP contribution in [-0.2, 0) is 4.79 Å². The quantitative estimate of drug-likeness (QED) is 0.927. The predicted octanol–water partition coefficient (Wildman–Crippen LogP) is 2.83. The van der Waals surface area contributed by atoms with Gasteiger partial charge in [-0.1, -0.05) is 0 Å². The standard InChI is InChI=1S/C14H19NO3S/c1-9-7-12(19-10(9)2)14(18)15-6-4-3-5-11(15)8-13(16)17/h7,11H,3-6,8H2,1-2H3,(H,16,17). The molecule has 0 aromatic carbocycles. The topological polar surface area (TPSA) is 57.6 Å². The highest BCUT2D eigenvalue weighted by Gasteiger charge is 2.29. The first kappa shape index (κ1) is 14.1. The normalized spacial score (nSPS) is 19.5. The average Bonchev–Trinajstić information content (AvgIpc) is 2.69. The maximum absolute atomic E-state index is 12.5. The van der Waals surface area contributed by atoms with Crippen LogP contribution in [0.1, 0.15) is 45.8 Å². The minimum atomic E-state index is -0.830. The highest BCUT2D eigenvalue weighted by molar-refractivity contribution is 7.14. The Hall–Kier alpha value is -1.36. The first-order valence-electron chi connectivity index (χ1n) is 6.59. The van der Waals surface area contributed by atoms with Crippen molar-refractivity contribution < 1.29 is 14.7 Å². The molecular weight excluding hydrogens is 262 g/mol. The van der Waals surface area contributed by atoms with E-state index < -0.39 is 5.97 Å². The van der Waals surface area contributed by atoms with Gasteiger partial charge >= 0.3 is 5.97 Å². The van der Waals surface area contributed by atoms with Gasteiger partial charge in [-0.2, -0.15) is 0 Å². The van der Waals surface area contributed by atoms with Gasteiger partial charge in [0.1, 0.15) is 0 Å². The molecule has 1 atom stereocenters. The Morgan fingerprint density at radius 3 is 2.74 bits per heavy atom. The van der Waals surface area contributed by atoms with Crippen molar-refractivity contribution >= 4 is 23.2 Å². The molecule has 0 bridgehead atoms. The Labute approximate surface area is 117 Å². The molecule has 1 aromatic rings. The third-order valence-corrected chi connectivity index (χ3v) is 4.82. The van der Waals surface area contributed by atoms with E-state index in [2.05, 4.69) is 0 Å². The van der Waals surface area contributed by atoms with E-state index in [4.69, 9.17) is 5.11 Å². The third-order valence-electron chi connectivity index (χ3n) is 3.68. The van der Waals surface area contributed by atoms with Gasteiger partial charge in [-0.15, -0.1) is 11.3 Å². The van der Waals surface area contributed by atoms with Crippen molar-refractivity contribution in [2.45, 2.75) is 45.6 Å². The summed E-state index contributed by atoms with van der Waals surface area (Å²) in [5.41, 5.74) is 1.13. The lowest BCUT2D eigenvalue weighted by atomic mass is 9.99. The fraction of sp³-hybridized carbons (Fsp3) is 0.571. The summed E-state index contributed by atoms with van der Waals surface area (Å²) >= 11 is 1.50. The van der Waals surface area contributed by atoms with E-state index in [1.165, 1.54) is 11.3 Å². The molecule has 1 fully saturated rings. The van der Waals surface area contributed by atoms with E-state index in [-0.39, 0.29) is 18.4 Å². The molecule has 1 unspecified atom stereocenters. The first-order chi connectivity index (χ1) is 8.99. The van der Waals surface area contributed by atoms with Crippen molar-refractivity contribution in [2.75, 3.05) is 6.54 Å². The Morgan fingerprint density at radius 1 is 1.42 bits per heavy atom. The summed E-state index contributed by atoms with van der Waals surface area (Å²) in [6.45, 7) is 4.67. The second kappa shape index (κ2) is 5.74. The maximum atomic E-state index is 12.5. The van der Waals surface area contributed by atoms with Crippen molar-refractivity contribution in [3.8, 4) is 0 Å². The van der Waals surface area contributed by atoms with Crippen molar-refractivity contribution in [3.63, 3.8) is 0 Å². The zero-order valence-electron chi connectivity index (χ0n) is 11.3. The number of carboxylic acids is 1. The molecule has 1 saturated heterocycles. The number of rotatable bonds is 3. The van der Waals surface area contributed by atoms with Crippen molar-refractivity contribution in [3.05, 3.63) is 21.4 Å². The summed E-state index contributed by atoms with van der Waals surface area (Å²) in [6, 6.07) is 1.76. The van der Waals surface area contributed by atoms with Crippen LogP contribution in [0.15, 0.2) is 6.07 Å². The summed E-state index contributed by atoms with van der Waals surface area (Å²) in [4.78, 5) is 27.0. The summed E-state index contributed by atoms with van der Waals surface area (Å²) in [5.74, 6) is -0.838. The Bertz CT molecular complexity index is 475. The molecule has 104 valence electrons. The predicted molar refractivity (Wildman–Crippen MR) is 74.7 cm³/mol. The lowest BCUT2D eigenvalue weighted by molar-refractivity contribution is -0.138. The van der Waals surface area contributed by atoms with E-state index in [0.717, 1.165) is 34.6 Å². The smallest absolute Gasteiger partial charge is 0.305 e. The molecule has 2 rings (SSSR count). The van der Waals surface area contributed by atoms with E-state index in [0.29, 0.717) is 6.54 Å². The molecule has 19 heavy (non-hydrogen) atoms. The van der Waals surface area contributed by atoms with Crippen LogP contribution < -0.4 is 0 Å². The Balaban J connectivity index is 2.17. The number of hydrogen-bond acceptors (Lipinski definition) is 3. The highest BCUT2D eigenvalue weighted by atomic mass is 32.1. The van der Waals surface area contributed by atoms with E-state index in [1.807, 2.05) is 19.9 Å². The molecule has 1 aliphatic rings. The molecule has 4 nitrogen and oxygen atoms in total. The van der Waals surface area contributed by atoms with Crippen LogP contribution in [0.2, 0.25) is 0 Å². The van der Waals surface area contributed by atoms with Crippen LogP contribution in [0.25, 0.3) is 0 Å². The molecule has 0 radical (unpaired) electrons. The Kier molecular flexibility index (Phi) is 4.24. The van der Waals surface area contributed by atoms with Crippen LogP contribution in [-0.4, -0.2) is 34.5 Å². The van der Waals surface area contributed by atoms with Crippen LogP contribution in [0.3, 0.4) is 0 Å². The van der Waals surface area contributed by atoms with E-state index in [9.17, 15) is 9.59 Å². The molecule has 0 spiro atoms. The van der Waals surface area contributed by atoms with Gasteiger partial charge in [-0.05, 0) is 44.7 Å². The van der Waals surface area contributed by atoms with Crippen molar-refractivity contribution in [1.29, 1.82) is 0 Å². The molecule has 0 aliphatic carbocycles. The minimum Gasteiger partial charge on any atom is -0.481 e. The van der Waals surface area contributed by atoms with Gasteiger partial charge in [0.2, 0.25) is 0 Å². The number of likely N-dealkylation sites (tertiary alicyclic amines) is 1. The van der Waals surface area contributed by atoms with Crippen molar-refractivity contribution in [2.24, 2.45) is 0 Å². The van der Waals surface area contributed by atoms with Gasteiger partial charge in [-0.25, -0.2) is 0 Å². The number of hydrogen-bond donors (Lipinski definition) is 1. The lowest BCUT2D eigenvalue weighted by Gasteiger charge is -2.34. The summed E-state index contributed by atoms with van der Waals surface area (Å²) in [7, 11) is 0. The zero-order valence-corrected chi connectivity index (χ0v) is 12.1. The van der Waals surface area contributed by atoms with Gasteiger partial charge in [0, 0.05) is 17.5 Å². The molecule has 1 N–H and O–H groups in total. The second-order valence-electron chi connectivity index (χ2n) is 5.10. The largest absolute Gasteiger partial charge is 0.481 e. The van der Waals surface area contributed by atoms with Crippen LogP contribution >= 0.6 is 11.3 Å². The van der Waals surface area contributed by atoms with Crippen LogP contribution in [0.5, 0.6) is 0 Å². The number of carbonyl (C=O) groups excluding carboxylic acids is 1. The number of aliphatic carboxylic acids is 1. The average molecular weight is 281 g/mol. The highest BCUT2D eigenvalue weighted by Crippen LogP contribution is 2.26. The number of aryl methyl sites for hydroxylation is 2. The number of amides is 1. The van der Waals surface area contributed by atoms with Crippen molar-refractivity contribution in [1.82, 2.24) is 4.90 Å². The van der Waals surface area contributed by atoms with Gasteiger partial charge in [0.25, 0.3) is 5.91 Å². The summed E-state index contributed by atoms with van der Waals surface area (Å²) < 4.78 is 0. The minimum absolute atomic E-state index is 0.00727. The molecule has 1 amide bonds. The number of carbonyl (C=O) groups is 2. The third kappa shape index (κ3) is 3.15. The second-order valence-corrected chi connectivity index (χ2v) is 6.35. The number of thiophene rings is 1. The van der Waals surface area contributed by atoms with Gasteiger partial charge < -0.3 is 10.0 Å². The van der Waals surface area contributed by atoms with E-state index in [1.54, 1.807) is 4.90 Å². The maximum Gasteiger partial charge on any atom is 0.305 e. The zero-order chi connectivity index (χ0) is 14.0. The number of nitrogens with zero attached hydrogens (tertiary/aromatic N) is 1. The molecule has 2 heterocycles. The molecular formula is C14H19NO3S. The fourth-order valence-electron chi connectivity index (χ4n) is 2.50. The molecule has 1 aliphatic heterocycles. The SMILES string of the molecule is Cc1cc(C(=O)N2CCCCC2CC(=O)O)sc1C.